The summed E-state index contributed by atoms with van der Waals surface area (Å²) in [5, 5.41) is 2.93. The van der Waals surface area contributed by atoms with Crippen molar-refractivity contribution in [3.63, 3.8) is 0 Å². The Kier molecular flexibility index (Phi) is 5.01. The molecule has 0 spiro atoms. The van der Waals surface area contributed by atoms with Crippen molar-refractivity contribution in [3.05, 3.63) is 36.2 Å². The van der Waals surface area contributed by atoms with Gasteiger partial charge in [-0.05, 0) is 47.5 Å². The van der Waals surface area contributed by atoms with Crippen LogP contribution in [0.25, 0.3) is 0 Å². The van der Waals surface area contributed by atoms with Crippen molar-refractivity contribution in [1.82, 2.24) is 10.2 Å². The van der Waals surface area contributed by atoms with E-state index < -0.39 is 0 Å². The molecule has 2 aliphatic rings. The summed E-state index contributed by atoms with van der Waals surface area (Å²) >= 11 is 0. The van der Waals surface area contributed by atoms with Gasteiger partial charge in [0.05, 0.1) is 0 Å². The topological polar surface area (TPSA) is 32.1 Å². The smallest absolute Gasteiger partial charge is 0.255 e. The molecular formula is C18H8N2O. The number of amides is 1. The minimum absolute atomic E-state index is 0.0188. The van der Waals surface area contributed by atoms with E-state index in [9.17, 15) is 4.79 Å². The molecule has 3 nitrogen and oxygen atoms in total. The van der Waals surface area contributed by atoms with Gasteiger partial charge in [-0.25, -0.2) is 0 Å². The third kappa shape index (κ3) is 5.64. The molecule has 96 valence electrons. The second kappa shape index (κ2) is 7.67. The summed E-state index contributed by atoms with van der Waals surface area (Å²) in [7, 11) is 0. The molecule has 1 fully saturated rings. The van der Waals surface area contributed by atoms with Gasteiger partial charge in [0, 0.05) is 42.1 Å². The van der Waals surface area contributed by atoms with Crippen LogP contribution in [-0.2, 0) is 4.79 Å². The number of allylic oxidation sites excluding steroid dienone is 4. The van der Waals surface area contributed by atoms with Crippen LogP contribution in [0.1, 0.15) is 0 Å². The van der Waals surface area contributed by atoms with E-state index >= 15 is 0 Å². The maximum atomic E-state index is 10.6. The van der Waals surface area contributed by atoms with Gasteiger partial charge in [0.25, 0.3) is 5.91 Å². The Labute approximate surface area is 123 Å². The molecule has 0 saturated carbocycles. The molecule has 21 heavy (non-hydrogen) atoms. The van der Waals surface area contributed by atoms with Crippen molar-refractivity contribution in [1.29, 1.82) is 0 Å². The van der Waals surface area contributed by atoms with Crippen LogP contribution < -0.4 is 5.32 Å². The van der Waals surface area contributed by atoms with Crippen molar-refractivity contribution in [2.45, 2.75) is 0 Å². The number of nitrogens with one attached hydrogen (secondary N) is 1. The number of dihydropyridines is 1. The molecule has 0 radical (unpaired) electrons. The van der Waals surface area contributed by atoms with Crippen molar-refractivity contribution in [2.24, 2.45) is 0 Å². The highest BCUT2D eigenvalue weighted by Crippen LogP contribution is 2.01. The summed E-state index contributed by atoms with van der Waals surface area (Å²) in [5.74, 6) is 23.3. The van der Waals surface area contributed by atoms with Crippen LogP contribution in [0, 0.1) is 59.3 Å². The summed E-state index contributed by atoms with van der Waals surface area (Å²) in [6.07, 6.45) is 9.22. The Morgan fingerprint density at radius 2 is 1.52 bits per heavy atom. The predicted octanol–water partition coefficient (Wildman–Crippen LogP) is 0.360. The van der Waals surface area contributed by atoms with Crippen molar-refractivity contribution >= 4 is 5.91 Å². The summed E-state index contributed by atoms with van der Waals surface area (Å²) in [5.41, 5.74) is 1.00. The fourth-order valence-electron chi connectivity index (χ4n) is 1.14. The Bertz CT molecular complexity index is 831. The number of carbonyl (C=O) groups is 1. The van der Waals surface area contributed by atoms with Crippen molar-refractivity contribution < 1.29 is 4.79 Å². The van der Waals surface area contributed by atoms with Gasteiger partial charge in [0.2, 0.25) is 0 Å². The van der Waals surface area contributed by atoms with E-state index in [1.54, 1.807) is 6.08 Å². The van der Waals surface area contributed by atoms with Gasteiger partial charge < -0.3 is 5.32 Å². The van der Waals surface area contributed by atoms with E-state index in [1.165, 1.54) is 4.90 Å². The molecular weight excluding hydrogens is 260 g/mol. The lowest BCUT2D eigenvalue weighted by atomic mass is 10.2. The molecule has 0 atom stereocenters. The van der Waals surface area contributed by atoms with Gasteiger partial charge in [0.1, 0.15) is 6.54 Å². The third-order valence-electron chi connectivity index (χ3n) is 2.17. The monoisotopic (exact) mass is 268 g/mol. The Morgan fingerprint density at radius 1 is 0.952 bits per heavy atom. The summed E-state index contributed by atoms with van der Waals surface area (Å²) in [4.78, 5) is 12.0. The van der Waals surface area contributed by atoms with E-state index in [0.717, 1.165) is 5.57 Å². The first-order valence-corrected chi connectivity index (χ1v) is 5.97. The largest absolute Gasteiger partial charge is 0.368 e. The fourth-order valence-corrected chi connectivity index (χ4v) is 1.14. The first-order valence-electron chi connectivity index (χ1n) is 5.97. The minimum atomic E-state index is 0.0188. The van der Waals surface area contributed by atoms with Gasteiger partial charge >= 0.3 is 0 Å². The van der Waals surface area contributed by atoms with Crippen LogP contribution in [-0.4, -0.2) is 17.4 Å². The van der Waals surface area contributed by atoms with Crippen molar-refractivity contribution in [3.8, 4) is 59.3 Å². The van der Waals surface area contributed by atoms with Crippen molar-refractivity contribution in [2.75, 3.05) is 6.54 Å². The average molecular weight is 268 g/mol. The lowest BCUT2D eigenvalue weighted by Gasteiger charge is -1.97. The zero-order valence-corrected chi connectivity index (χ0v) is 10.9. The normalized spacial score (nSPS) is 12.5. The van der Waals surface area contributed by atoms with Crippen LogP contribution in [0.2, 0.25) is 0 Å². The lowest BCUT2D eigenvalue weighted by Crippen LogP contribution is -1.95. The fraction of sp³-hybridized carbons (Fsp3) is 0.0556. The Morgan fingerprint density at radius 3 is 2.14 bits per heavy atom. The maximum absolute atomic E-state index is 10.6. The third-order valence-corrected chi connectivity index (χ3v) is 2.17. The molecule has 0 aromatic carbocycles. The molecule has 3 heteroatoms. The average Bonchev–Trinajstić information content (AvgIpc) is 3.21. The first-order chi connectivity index (χ1) is 10.4. The highest BCUT2D eigenvalue weighted by Gasteiger charge is 2.27. The molecule has 1 saturated heterocycles. The lowest BCUT2D eigenvalue weighted by molar-refractivity contribution is -0.112. The molecule has 1 N–H and O–H groups in total. The quantitative estimate of drug-likeness (QED) is 0.508. The van der Waals surface area contributed by atoms with Gasteiger partial charge in [-0.15, -0.1) is 0 Å². The van der Waals surface area contributed by atoms with Crippen LogP contribution in [0.4, 0.5) is 0 Å². The first kappa shape index (κ1) is 13.7. The highest BCUT2D eigenvalue weighted by molar-refractivity contribution is 5.94. The molecule has 0 aromatic heterocycles. The minimum Gasteiger partial charge on any atom is -0.368 e. The molecule has 2 heterocycles. The highest BCUT2D eigenvalue weighted by atomic mass is 16.2. The number of nitrogens with zero attached hydrogens (tertiary/aromatic N) is 1. The molecule has 2 rings (SSSR count). The Hall–Kier alpha value is -3.71. The summed E-state index contributed by atoms with van der Waals surface area (Å²) < 4.78 is 0. The molecule has 0 aliphatic carbocycles. The number of hydrogen-bond acceptors (Lipinski definition) is 2. The SMILES string of the molecule is O=C1CN1C#CC#CC#CC#CC#CC=C1C=CNC=C1. The summed E-state index contributed by atoms with van der Waals surface area (Å²) in [6, 6.07) is 2.57. The molecule has 0 unspecified atom stereocenters. The van der Waals surface area contributed by atoms with Crippen LogP contribution in [0.3, 0.4) is 0 Å². The van der Waals surface area contributed by atoms with E-state index in [-0.39, 0.29) is 5.91 Å². The van der Waals surface area contributed by atoms with Crippen LogP contribution in [0.5, 0.6) is 0 Å². The van der Waals surface area contributed by atoms with Gasteiger partial charge in [-0.1, -0.05) is 5.92 Å². The molecule has 0 bridgehead atoms. The van der Waals surface area contributed by atoms with E-state index in [0.29, 0.717) is 6.54 Å². The maximum Gasteiger partial charge on any atom is 0.255 e. The van der Waals surface area contributed by atoms with Gasteiger partial charge in [0.15, 0.2) is 0 Å². The Balaban J connectivity index is 1.78. The molecule has 2 aliphatic heterocycles. The second-order valence-electron chi connectivity index (χ2n) is 3.71. The van der Waals surface area contributed by atoms with E-state index in [4.69, 9.17) is 0 Å². The van der Waals surface area contributed by atoms with E-state index in [1.807, 2.05) is 24.6 Å². The second-order valence-corrected chi connectivity index (χ2v) is 3.71. The van der Waals surface area contributed by atoms with Gasteiger partial charge in [-0.3, -0.25) is 9.69 Å². The predicted molar refractivity (Wildman–Crippen MR) is 80.1 cm³/mol. The molecule has 0 aromatic rings. The van der Waals surface area contributed by atoms with Gasteiger partial charge in [-0.2, -0.15) is 0 Å². The van der Waals surface area contributed by atoms with Crippen LogP contribution in [0.15, 0.2) is 36.2 Å². The zero-order valence-electron chi connectivity index (χ0n) is 10.9. The number of hydrogen-bond donors (Lipinski definition) is 1. The molecule has 1 amide bonds. The van der Waals surface area contributed by atoms with Crippen LogP contribution >= 0.6 is 0 Å². The zero-order chi connectivity index (χ0) is 14.8. The standard InChI is InChI=1S/C18H8N2O/c21-18-16-20(18)15-9-7-5-3-1-2-4-6-8-10-17-11-13-19-14-12-17/h10-14,19H,16H2. The number of rotatable bonds is 0. The van der Waals surface area contributed by atoms with E-state index in [2.05, 4.69) is 64.6 Å². The number of carbonyl (C=O) groups excluding carboxylic acids is 1. The summed E-state index contributed by atoms with van der Waals surface area (Å²) in [6.45, 7) is 0.392.